The van der Waals surface area contributed by atoms with Gasteiger partial charge in [-0.1, -0.05) is 35.9 Å². The van der Waals surface area contributed by atoms with E-state index in [1.807, 2.05) is 0 Å². The molecule has 0 heterocycles. The van der Waals surface area contributed by atoms with Crippen molar-refractivity contribution in [3.63, 3.8) is 0 Å². The van der Waals surface area contributed by atoms with Crippen LogP contribution in [-0.4, -0.2) is 29.6 Å². The molecule has 9 nitrogen and oxygen atoms in total. The van der Waals surface area contributed by atoms with Gasteiger partial charge in [0, 0.05) is 28.4 Å². The van der Waals surface area contributed by atoms with E-state index in [-0.39, 0.29) is 33.5 Å². The Morgan fingerprint density at radius 3 is 2.46 bits per heavy atom. The number of nitrogens with one attached hydrogen (secondary N) is 2. The summed E-state index contributed by atoms with van der Waals surface area (Å²) >= 11 is 6.02. The third kappa shape index (κ3) is 6.52. The molecule has 178 valence electrons. The fourth-order valence-electron chi connectivity index (χ4n) is 3.11. The first-order valence-corrected chi connectivity index (χ1v) is 10.6. The normalized spacial score (nSPS) is 10.9. The first kappa shape index (κ1) is 25.1. The number of carbonyl (C=O) groups is 3. The predicted octanol–water partition coefficient (Wildman–Crippen LogP) is 4.87. The second-order valence-electron chi connectivity index (χ2n) is 7.30. The lowest BCUT2D eigenvalue weighted by molar-refractivity contribution is -0.384. The van der Waals surface area contributed by atoms with Crippen molar-refractivity contribution in [2.75, 3.05) is 12.4 Å². The number of hydrogen-bond donors (Lipinski definition) is 2. The van der Waals surface area contributed by atoms with Gasteiger partial charge in [-0.15, -0.1) is 0 Å². The summed E-state index contributed by atoms with van der Waals surface area (Å²) in [5.41, 5.74) is 0.708. The molecular formula is C25H20ClN3O6. The van der Waals surface area contributed by atoms with Crippen molar-refractivity contribution in [2.24, 2.45) is 0 Å². The van der Waals surface area contributed by atoms with Gasteiger partial charge in [-0.3, -0.25) is 24.5 Å². The van der Waals surface area contributed by atoms with Crippen LogP contribution in [0.5, 0.6) is 5.75 Å². The van der Waals surface area contributed by atoms with Crippen LogP contribution in [0.1, 0.15) is 33.2 Å². The van der Waals surface area contributed by atoms with Gasteiger partial charge in [0.1, 0.15) is 11.4 Å². The lowest BCUT2D eigenvalue weighted by Crippen LogP contribution is -2.31. The molecule has 0 spiro atoms. The van der Waals surface area contributed by atoms with Gasteiger partial charge in [0.25, 0.3) is 17.5 Å². The summed E-state index contributed by atoms with van der Waals surface area (Å²) in [7, 11) is 1.38. The number of rotatable bonds is 8. The highest BCUT2D eigenvalue weighted by Crippen LogP contribution is 2.23. The predicted molar refractivity (Wildman–Crippen MR) is 132 cm³/mol. The highest BCUT2D eigenvalue weighted by Gasteiger charge is 2.19. The van der Waals surface area contributed by atoms with Gasteiger partial charge in [0.05, 0.1) is 17.6 Å². The van der Waals surface area contributed by atoms with Crippen LogP contribution in [0.25, 0.3) is 6.08 Å². The monoisotopic (exact) mass is 493 g/mol. The number of methoxy groups -OCH3 is 1. The topological polar surface area (TPSA) is 128 Å². The Morgan fingerprint density at radius 2 is 1.77 bits per heavy atom. The van der Waals surface area contributed by atoms with Crippen molar-refractivity contribution >= 4 is 46.6 Å². The molecule has 0 fully saturated rings. The van der Waals surface area contributed by atoms with E-state index in [1.54, 1.807) is 30.3 Å². The second-order valence-corrected chi connectivity index (χ2v) is 7.74. The van der Waals surface area contributed by atoms with Crippen molar-refractivity contribution < 1.29 is 24.0 Å². The number of nitro benzene ring substituents is 1. The number of halogens is 1. The first-order valence-electron chi connectivity index (χ1n) is 10.2. The fraction of sp³-hybridized carbons (Fsp3) is 0.0800. The van der Waals surface area contributed by atoms with Gasteiger partial charge in [-0.05, 0) is 48.9 Å². The van der Waals surface area contributed by atoms with Crippen molar-refractivity contribution in [3.8, 4) is 5.75 Å². The molecular weight excluding hydrogens is 474 g/mol. The number of nitrogens with zero attached hydrogens (tertiary/aromatic N) is 1. The van der Waals surface area contributed by atoms with Gasteiger partial charge in [0.15, 0.2) is 5.78 Å². The molecule has 0 aliphatic heterocycles. The Bertz CT molecular complexity index is 1350. The maximum Gasteiger partial charge on any atom is 0.272 e. The van der Waals surface area contributed by atoms with Gasteiger partial charge < -0.3 is 15.4 Å². The third-order valence-corrected chi connectivity index (χ3v) is 5.05. The number of anilines is 1. The van der Waals surface area contributed by atoms with Crippen molar-refractivity contribution in [1.29, 1.82) is 0 Å². The van der Waals surface area contributed by atoms with Crippen LogP contribution in [-0.2, 0) is 4.79 Å². The summed E-state index contributed by atoms with van der Waals surface area (Å²) in [6.45, 7) is 1.40. The number of carbonyl (C=O) groups excluding carboxylic acids is 3. The maximum absolute atomic E-state index is 13.1. The van der Waals surface area contributed by atoms with E-state index in [2.05, 4.69) is 10.6 Å². The SMILES string of the molecule is COc1ccc(Cl)cc1C(=O)NC(=Cc1cccc([N+](=O)[O-])c1)C(=O)Nc1cccc(C(C)=O)c1. The zero-order valence-corrected chi connectivity index (χ0v) is 19.5. The average Bonchev–Trinajstić information content (AvgIpc) is 2.83. The highest BCUT2D eigenvalue weighted by molar-refractivity contribution is 6.31. The van der Waals surface area contributed by atoms with Gasteiger partial charge in [-0.2, -0.15) is 0 Å². The van der Waals surface area contributed by atoms with Crippen LogP contribution in [0.2, 0.25) is 5.02 Å². The number of non-ortho nitro benzene ring substituents is 1. The molecule has 0 radical (unpaired) electrons. The Kier molecular flexibility index (Phi) is 7.96. The molecule has 3 aromatic carbocycles. The van der Waals surface area contributed by atoms with Gasteiger partial charge in [-0.25, -0.2) is 0 Å². The highest BCUT2D eigenvalue weighted by atomic mass is 35.5. The zero-order chi connectivity index (χ0) is 25.5. The van der Waals surface area contributed by atoms with Crippen molar-refractivity contribution in [3.05, 3.63) is 104 Å². The molecule has 0 aliphatic carbocycles. The molecule has 2 N–H and O–H groups in total. The summed E-state index contributed by atoms with van der Waals surface area (Å²) in [4.78, 5) is 48.4. The number of Topliss-reactive ketones (excluding diaryl/α,β-unsaturated/α-hetero) is 1. The van der Waals surface area contributed by atoms with E-state index >= 15 is 0 Å². The van der Waals surface area contributed by atoms with Crippen LogP contribution >= 0.6 is 11.6 Å². The molecule has 0 unspecified atom stereocenters. The number of ketones is 1. The second kappa shape index (κ2) is 11.1. The van der Waals surface area contributed by atoms with E-state index < -0.39 is 16.7 Å². The number of ether oxygens (including phenoxy) is 1. The van der Waals surface area contributed by atoms with Crippen LogP contribution in [0, 0.1) is 10.1 Å². The summed E-state index contributed by atoms with van der Waals surface area (Å²) in [6.07, 6.45) is 1.30. The largest absolute Gasteiger partial charge is 0.496 e. The molecule has 0 aromatic heterocycles. The van der Waals surface area contributed by atoms with Crippen LogP contribution in [0.4, 0.5) is 11.4 Å². The minimum Gasteiger partial charge on any atom is -0.496 e. The average molecular weight is 494 g/mol. The number of hydrogen-bond acceptors (Lipinski definition) is 6. The lowest BCUT2D eigenvalue weighted by atomic mass is 10.1. The van der Waals surface area contributed by atoms with E-state index in [1.165, 1.54) is 56.5 Å². The Morgan fingerprint density at radius 1 is 1.03 bits per heavy atom. The van der Waals surface area contributed by atoms with E-state index in [4.69, 9.17) is 16.3 Å². The number of benzene rings is 3. The van der Waals surface area contributed by atoms with Crippen LogP contribution < -0.4 is 15.4 Å². The maximum atomic E-state index is 13.1. The third-order valence-electron chi connectivity index (χ3n) is 4.82. The molecule has 2 amide bonds. The molecule has 0 atom stereocenters. The summed E-state index contributed by atoms with van der Waals surface area (Å²) < 4.78 is 5.21. The Balaban J connectivity index is 1.99. The minimum atomic E-state index is -0.716. The molecule has 0 saturated heterocycles. The smallest absolute Gasteiger partial charge is 0.272 e. The molecule has 3 aromatic rings. The Hall–Kier alpha value is -4.50. The molecule has 0 aliphatic rings. The van der Waals surface area contributed by atoms with E-state index in [9.17, 15) is 24.5 Å². The summed E-state index contributed by atoms with van der Waals surface area (Å²) in [5, 5.41) is 16.6. The molecule has 10 heteroatoms. The summed E-state index contributed by atoms with van der Waals surface area (Å²) in [5.74, 6) is -1.36. The fourth-order valence-corrected chi connectivity index (χ4v) is 3.29. The number of nitro groups is 1. The van der Waals surface area contributed by atoms with Crippen LogP contribution in [0.15, 0.2) is 72.4 Å². The van der Waals surface area contributed by atoms with Crippen LogP contribution in [0.3, 0.4) is 0 Å². The van der Waals surface area contributed by atoms with E-state index in [0.717, 1.165) is 0 Å². The minimum absolute atomic E-state index is 0.0799. The quantitative estimate of drug-likeness (QED) is 0.199. The molecule has 0 bridgehead atoms. The number of amides is 2. The summed E-state index contributed by atoms with van der Waals surface area (Å²) in [6, 6.07) is 16.3. The first-order chi connectivity index (χ1) is 16.7. The van der Waals surface area contributed by atoms with E-state index in [0.29, 0.717) is 16.8 Å². The van der Waals surface area contributed by atoms with Gasteiger partial charge in [0.2, 0.25) is 0 Å². The van der Waals surface area contributed by atoms with Gasteiger partial charge >= 0.3 is 0 Å². The van der Waals surface area contributed by atoms with Crippen molar-refractivity contribution in [2.45, 2.75) is 6.92 Å². The lowest BCUT2D eigenvalue weighted by Gasteiger charge is -2.13. The molecule has 3 rings (SSSR count). The zero-order valence-electron chi connectivity index (χ0n) is 18.7. The Labute approximate surface area is 205 Å². The standard InChI is InChI=1S/C25H20ClN3O6/c1-15(30)17-6-4-7-19(13-17)27-25(32)22(12-16-5-3-8-20(11-16)29(33)34)28-24(31)21-14-18(26)9-10-23(21)35-2/h3-14H,1-2H3,(H,27,32)(H,28,31). The molecule has 0 saturated carbocycles. The van der Waals surface area contributed by atoms with Crippen molar-refractivity contribution in [1.82, 2.24) is 5.32 Å². The molecule has 35 heavy (non-hydrogen) atoms.